The molecule has 1 aromatic heterocycles. The Kier molecular flexibility index (Phi) is 4.10. The van der Waals surface area contributed by atoms with E-state index in [4.69, 9.17) is 18.6 Å². The number of hydrogen-bond donors (Lipinski definition) is 1. The van der Waals surface area contributed by atoms with Crippen LogP contribution in [0.1, 0.15) is 39.6 Å². The van der Waals surface area contributed by atoms with Gasteiger partial charge >= 0.3 is 5.97 Å². The van der Waals surface area contributed by atoms with Crippen LogP contribution in [0, 0.1) is 0 Å². The van der Waals surface area contributed by atoms with Gasteiger partial charge in [0.25, 0.3) is 0 Å². The van der Waals surface area contributed by atoms with Gasteiger partial charge in [0.15, 0.2) is 17.3 Å². The summed E-state index contributed by atoms with van der Waals surface area (Å²) < 4.78 is 21.9. The number of aromatic hydroxyl groups is 1. The summed E-state index contributed by atoms with van der Waals surface area (Å²) in [5.41, 5.74) is 1.57. The molecule has 0 radical (unpaired) electrons. The Morgan fingerprint density at radius 1 is 1.13 bits per heavy atom. The molecular weight excluding hydrogens is 388 g/mol. The molecule has 7 heteroatoms. The number of benzene rings is 2. The molecule has 1 unspecified atom stereocenters. The van der Waals surface area contributed by atoms with Crippen LogP contribution >= 0.6 is 0 Å². The quantitative estimate of drug-likeness (QED) is 0.400. The van der Waals surface area contributed by atoms with E-state index in [9.17, 15) is 14.7 Å². The van der Waals surface area contributed by atoms with Crippen molar-refractivity contribution in [3.63, 3.8) is 0 Å². The Bertz CT molecular complexity index is 1200. The zero-order chi connectivity index (χ0) is 20.8. The SMILES string of the molecule is COc1ccc(/C=C2\Oc3c(ccc4c3C(c3ccco3)CC(=O)O4)C2=O)cc1O. The van der Waals surface area contributed by atoms with Crippen molar-refractivity contribution >= 4 is 17.8 Å². The van der Waals surface area contributed by atoms with Gasteiger partial charge in [-0.25, -0.2) is 0 Å². The molecule has 3 heterocycles. The number of phenolic OH excluding ortho intramolecular Hbond substituents is 1. The summed E-state index contributed by atoms with van der Waals surface area (Å²) in [6, 6.07) is 11.5. The number of fused-ring (bicyclic) bond motifs is 3. The first-order valence-electron chi connectivity index (χ1n) is 9.27. The molecule has 0 fully saturated rings. The van der Waals surface area contributed by atoms with E-state index < -0.39 is 5.92 Å². The first-order valence-corrected chi connectivity index (χ1v) is 9.27. The van der Waals surface area contributed by atoms with Crippen molar-refractivity contribution in [1.29, 1.82) is 0 Å². The second-order valence-corrected chi connectivity index (χ2v) is 6.97. The predicted molar refractivity (Wildman–Crippen MR) is 105 cm³/mol. The molecular formula is C23H16O7. The van der Waals surface area contributed by atoms with Crippen LogP contribution in [-0.4, -0.2) is 24.0 Å². The summed E-state index contributed by atoms with van der Waals surface area (Å²) >= 11 is 0. The molecule has 0 bridgehead atoms. The van der Waals surface area contributed by atoms with Gasteiger partial charge < -0.3 is 23.7 Å². The number of phenols is 1. The molecule has 0 spiro atoms. The summed E-state index contributed by atoms with van der Waals surface area (Å²) in [6.07, 6.45) is 3.16. The van der Waals surface area contributed by atoms with Gasteiger partial charge in [-0.3, -0.25) is 9.59 Å². The van der Waals surface area contributed by atoms with Crippen LogP contribution in [0.4, 0.5) is 0 Å². The smallest absolute Gasteiger partial charge is 0.312 e. The second kappa shape index (κ2) is 6.81. The maximum atomic E-state index is 12.9. The van der Waals surface area contributed by atoms with Crippen molar-refractivity contribution in [1.82, 2.24) is 0 Å². The summed E-state index contributed by atoms with van der Waals surface area (Å²) in [6.45, 7) is 0. The van der Waals surface area contributed by atoms with Gasteiger partial charge in [-0.2, -0.15) is 0 Å². The van der Waals surface area contributed by atoms with Gasteiger partial charge in [0, 0.05) is 5.56 Å². The van der Waals surface area contributed by atoms with E-state index in [1.807, 2.05) is 0 Å². The lowest BCUT2D eigenvalue weighted by Crippen LogP contribution is -2.21. The van der Waals surface area contributed by atoms with Gasteiger partial charge in [-0.1, -0.05) is 6.07 Å². The van der Waals surface area contributed by atoms with Crippen LogP contribution in [0.2, 0.25) is 0 Å². The molecule has 7 nitrogen and oxygen atoms in total. The molecule has 3 aromatic rings. The van der Waals surface area contributed by atoms with Crippen molar-refractivity contribution in [3.05, 3.63) is 76.9 Å². The number of carbonyl (C=O) groups excluding carboxylic acids is 2. The van der Waals surface area contributed by atoms with Crippen LogP contribution in [-0.2, 0) is 4.79 Å². The maximum Gasteiger partial charge on any atom is 0.312 e. The number of furan rings is 1. The fourth-order valence-corrected chi connectivity index (χ4v) is 3.79. The van der Waals surface area contributed by atoms with Crippen molar-refractivity contribution in [2.75, 3.05) is 7.11 Å². The normalized spacial score (nSPS) is 18.6. The second-order valence-electron chi connectivity index (χ2n) is 6.97. The third-order valence-corrected chi connectivity index (χ3v) is 5.17. The average Bonchev–Trinajstić information content (AvgIpc) is 3.36. The number of methoxy groups -OCH3 is 1. The van der Waals surface area contributed by atoms with Crippen molar-refractivity contribution < 1.29 is 33.3 Å². The van der Waals surface area contributed by atoms with E-state index >= 15 is 0 Å². The number of Topliss-reactive ketones (excluding diaryl/α,β-unsaturated/α-hetero) is 1. The van der Waals surface area contributed by atoms with E-state index in [0.717, 1.165) is 0 Å². The Balaban J connectivity index is 1.58. The lowest BCUT2D eigenvalue weighted by molar-refractivity contribution is -0.135. The number of hydrogen-bond acceptors (Lipinski definition) is 7. The number of carbonyl (C=O) groups is 2. The van der Waals surface area contributed by atoms with Crippen molar-refractivity contribution in [2.45, 2.75) is 12.3 Å². The topological polar surface area (TPSA) is 95.2 Å². The Morgan fingerprint density at radius 3 is 2.73 bits per heavy atom. The van der Waals surface area contributed by atoms with E-state index in [2.05, 4.69) is 0 Å². The molecule has 2 aromatic carbocycles. The van der Waals surface area contributed by atoms with Gasteiger partial charge in [0.1, 0.15) is 17.3 Å². The minimum atomic E-state index is -0.414. The first-order chi connectivity index (χ1) is 14.5. The minimum Gasteiger partial charge on any atom is -0.504 e. The Morgan fingerprint density at radius 2 is 2.00 bits per heavy atom. The molecule has 0 saturated carbocycles. The van der Waals surface area contributed by atoms with Crippen LogP contribution in [0.3, 0.4) is 0 Å². The van der Waals surface area contributed by atoms with Crippen LogP contribution in [0.15, 0.2) is 58.9 Å². The molecule has 1 atom stereocenters. The molecule has 5 rings (SSSR count). The van der Waals surface area contributed by atoms with Gasteiger partial charge in [-0.15, -0.1) is 0 Å². The molecule has 0 aliphatic carbocycles. The van der Waals surface area contributed by atoms with Crippen molar-refractivity contribution in [2.24, 2.45) is 0 Å². The zero-order valence-electron chi connectivity index (χ0n) is 15.9. The first kappa shape index (κ1) is 18.1. The summed E-state index contributed by atoms with van der Waals surface area (Å²) in [7, 11) is 1.46. The summed E-state index contributed by atoms with van der Waals surface area (Å²) in [5, 5.41) is 9.99. The van der Waals surface area contributed by atoms with E-state index in [-0.39, 0.29) is 29.7 Å². The standard InChI is InChI=1S/C23H16O7/c1-27-17-6-4-12(9-15(17)24)10-19-22(26)13-5-7-18-21(23(13)30-19)14(11-20(25)29-18)16-3-2-8-28-16/h2-10,14,24H,11H2,1H3/b19-10-. The van der Waals surface area contributed by atoms with Crippen LogP contribution in [0.5, 0.6) is 23.0 Å². The largest absolute Gasteiger partial charge is 0.504 e. The Hall–Kier alpha value is -4.00. The molecule has 150 valence electrons. The van der Waals surface area contributed by atoms with Gasteiger partial charge in [-0.05, 0) is 48.0 Å². The third kappa shape index (κ3) is 2.83. The highest BCUT2D eigenvalue weighted by Crippen LogP contribution is 2.49. The fraction of sp³-hybridized carbons (Fsp3) is 0.130. The summed E-state index contributed by atoms with van der Waals surface area (Å²) in [5.74, 6) is 0.610. The van der Waals surface area contributed by atoms with E-state index in [0.29, 0.717) is 39.7 Å². The lowest BCUT2D eigenvalue weighted by Gasteiger charge is -2.24. The average molecular weight is 404 g/mol. The molecule has 2 aliphatic heterocycles. The minimum absolute atomic E-state index is 0.0445. The molecule has 1 N–H and O–H groups in total. The number of allylic oxidation sites excluding steroid dienone is 1. The van der Waals surface area contributed by atoms with E-state index in [1.54, 1.807) is 42.5 Å². The zero-order valence-corrected chi connectivity index (χ0v) is 15.9. The monoisotopic (exact) mass is 404 g/mol. The highest BCUT2D eigenvalue weighted by molar-refractivity contribution is 6.15. The van der Waals surface area contributed by atoms with Crippen LogP contribution in [0.25, 0.3) is 6.08 Å². The number of ketones is 1. The molecule has 0 amide bonds. The Labute approximate surface area is 171 Å². The van der Waals surface area contributed by atoms with Gasteiger partial charge in [0.2, 0.25) is 5.78 Å². The van der Waals surface area contributed by atoms with Crippen LogP contribution < -0.4 is 14.2 Å². The van der Waals surface area contributed by atoms with Crippen molar-refractivity contribution in [3.8, 4) is 23.0 Å². The molecule has 30 heavy (non-hydrogen) atoms. The third-order valence-electron chi connectivity index (χ3n) is 5.17. The van der Waals surface area contributed by atoms with E-state index in [1.165, 1.54) is 19.4 Å². The number of esters is 1. The number of rotatable bonds is 3. The van der Waals surface area contributed by atoms with Gasteiger partial charge in [0.05, 0.1) is 31.3 Å². The lowest BCUT2D eigenvalue weighted by atomic mass is 9.88. The highest BCUT2D eigenvalue weighted by Gasteiger charge is 2.39. The summed E-state index contributed by atoms with van der Waals surface area (Å²) in [4.78, 5) is 25.0. The predicted octanol–water partition coefficient (Wildman–Crippen LogP) is 4.05. The maximum absolute atomic E-state index is 12.9. The highest BCUT2D eigenvalue weighted by atomic mass is 16.5. The molecule has 2 aliphatic rings. The fourth-order valence-electron chi connectivity index (χ4n) is 3.79. The number of ether oxygens (including phenoxy) is 3. The molecule has 0 saturated heterocycles.